The van der Waals surface area contributed by atoms with Crippen LogP contribution in [0.2, 0.25) is 0 Å². The number of aromatic nitrogens is 1. The summed E-state index contributed by atoms with van der Waals surface area (Å²) in [6.45, 7) is 6.03. The fraction of sp³-hybridized carbons (Fsp3) is 0.500. The molecule has 6 heteroatoms. The Morgan fingerprint density at radius 2 is 2.05 bits per heavy atom. The predicted molar refractivity (Wildman–Crippen MR) is 73.5 cm³/mol. The SMILES string of the molecule is CCOc1ccc(C(=O)NC(C(=O)OC)C(C)C)cn1. The van der Waals surface area contributed by atoms with Gasteiger partial charge in [-0.1, -0.05) is 13.8 Å². The summed E-state index contributed by atoms with van der Waals surface area (Å²) in [6.07, 6.45) is 1.41. The van der Waals surface area contributed by atoms with Crippen LogP contribution in [0.3, 0.4) is 0 Å². The number of nitrogens with one attached hydrogen (secondary N) is 1. The van der Waals surface area contributed by atoms with Crippen molar-refractivity contribution in [3.05, 3.63) is 23.9 Å². The molecule has 0 bridgehead atoms. The number of nitrogens with zero attached hydrogens (tertiary/aromatic N) is 1. The second-order valence-electron chi connectivity index (χ2n) is 4.54. The van der Waals surface area contributed by atoms with Crippen molar-refractivity contribution in [2.45, 2.75) is 26.8 Å². The Hall–Kier alpha value is -2.11. The fourth-order valence-electron chi connectivity index (χ4n) is 1.60. The summed E-state index contributed by atoms with van der Waals surface area (Å²) in [5.41, 5.74) is 0.364. The molecule has 0 radical (unpaired) electrons. The van der Waals surface area contributed by atoms with Gasteiger partial charge in [0.15, 0.2) is 0 Å². The molecule has 6 nitrogen and oxygen atoms in total. The first-order valence-electron chi connectivity index (χ1n) is 6.47. The van der Waals surface area contributed by atoms with Crippen molar-refractivity contribution >= 4 is 11.9 Å². The van der Waals surface area contributed by atoms with Crippen LogP contribution in [0.1, 0.15) is 31.1 Å². The molecule has 1 amide bonds. The second kappa shape index (κ2) is 7.47. The Labute approximate surface area is 118 Å². The summed E-state index contributed by atoms with van der Waals surface area (Å²) in [7, 11) is 1.29. The molecule has 0 saturated heterocycles. The third kappa shape index (κ3) is 4.22. The van der Waals surface area contributed by atoms with Gasteiger partial charge in [0.05, 0.1) is 19.3 Å². The highest BCUT2D eigenvalue weighted by Gasteiger charge is 2.25. The molecule has 20 heavy (non-hydrogen) atoms. The van der Waals surface area contributed by atoms with Gasteiger partial charge in [0.25, 0.3) is 5.91 Å². The van der Waals surface area contributed by atoms with Crippen molar-refractivity contribution in [2.75, 3.05) is 13.7 Å². The predicted octanol–water partition coefficient (Wildman–Crippen LogP) is 1.41. The summed E-state index contributed by atoms with van der Waals surface area (Å²) >= 11 is 0. The van der Waals surface area contributed by atoms with Gasteiger partial charge in [-0.3, -0.25) is 4.79 Å². The molecule has 0 spiro atoms. The number of ether oxygens (including phenoxy) is 2. The lowest BCUT2D eigenvalue weighted by Gasteiger charge is -2.19. The van der Waals surface area contributed by atoms with Gasteiger partial charge < -0.3 is 14.8 Å². The van der Waals surface area contributed by atoms with E-state index in [2.05, 4.69) is 15.0 Å². The largest absolute Gasteiger partial charge is 0.478 e. The molecule has 1 rings (SSSR count). The van der Waals surface area contributed by atoms with Crippen LogP contribution in [0.5, 0.6) is 5.88 Å². The summed E-state index contributed by atoms with van der Waals surface area (Å²) < 4.78 is 9.87. The number of esters is 1. The van der Waals surface area contributed by atoms with Crippen LogP contribution in [0, 0.1) is 5.92 Å². The zero-order valence-corrected chi connectivity index (χ0v) is 12.2. The normalized spacial score (nSPS) is 11.8. The smallest absolute Gasteiger partial charge is 0.328 e. The van der Waals surface area contributed by atoms with Crippen LogP contribution < -0.4 is 10.1 Å². The van der Waals surface area contributed by atoms with Crippen molar-refractivity contribution in [2.24, 2.45) is 5.92 Å². The van der Waals surface area contributed by atoms with E-state index < -0.39 is 12.0 Å². The molecule has 0 saturated carbocycles. The minimum atomic E-state index is -0.681. The molecule has 0 aliphatic rings. The Morgan fingerprint density at radius 3 is 2.50 bits per heavy atom. The Morgan fingerprint density at radius 1 is 1.35 bits per heavy atom. The standard InChI is InChI=1S/C14H20N2O4/c1-5-20-11-7-6-10(8-15-11)13(17)16-12(9(2)3)14(18)19-4/h6-9,12H,5H2,1-4H3,(H,16,17). The molecule has 1 N–H and O–H groups in total. The lowest BCUT2D eigenvalue weighted by molar-refractivity contribution is -0.144. The molecule has 1 atom stereocenters. The van der Waals surface area contributed by atoms with E-state index in [1.807, 2.05) is 20.8 Å². The van der Waals surface area contributed by atoms with Crippen molar-refractivity contribution in [1.82, 2.24) is 10.3 Å². The molecule has 1 unspecified atom stereocenters. The van der Waals surface area contributed by atoms with E-state index in [1.165, 1.54) is 13.3 Å². The number of carbonyl (C=O) groups excluding carboxylic acids is 2. The van der Waals surface area contributed by atoms with Crippen molar-refractivity contribution < 1.29 is 19.1 Å². The average Bonchev–Trinajstić information content (AvgIpc) is 2.44. The summed E-state index contributed by atoms with van der Waals surface area (Å²) in [4.78, 5) is 27.6. The van der Waals surface area contributed by atoms with E-state index in [4.69, 9.17) is 4.74 Å². The van der Waals surface area contributed by atoms with Gasteiger partial charge in [0.2, 0.25) is 5.88 Å². The first kappa shape index (κ1) is 15.9. The van der Waals surface area contributed by atoms with Gasteiger partial charge in [0.1, 0.15) is 6.04 Å². The van der Waals surface area contributed by atoms with Crippen molar-refractivity contribution in [3.8, 4) is 5.88 Å². The van der Waals surface area contributed by atoms with E-state index in [0.717, 1.165) is 0 Å². The molecular weight excluding hydrogens is 260 g/mol. The molecule has 1 heterocycles. The maximum atomic E-state index is 12.0. The molecule has 110 valence electrons. The molecule has 0 aliphatic heterocycles. The number of hydrogen-bond acceptors (Lipinski definition) is 5. The molecule has 0 aliphatic carbocycles. The first-order valence-corrected chi connectivity index (χ1v) is 6.47. The van der Waals surface area contributed by atoms with Gasteiger partial charge in [-0.15, -0.1) is 0 Å². The van der Waals surface area contributed by atoms with Crippen LogP contribution in [0.15, 0.2) is 18.3 Å². The van der Waals surface area contributed by atoms with Gasteiger partial charge >= 0.3 is 5.97 Å². The van der Waals surface area contributed by atoms with Crippen LogP contribution in [-0.2, 0) is 9.53 Å². The highest BCUT2D eigenvalue weighted by molar-refractivity contribution is 5.96. The molecule has 0 aromatic carbocycles. The van der Waals surface area contributed by atoms with Crippen LogP contribution in [0.4, 0.5) is 0 Å². The topological polar surface area (TPSA) is 77.5 Å². The molecule has 0 fully saturated rings. The first-order chi connectivity index (χ1) is 9.49. The lowest BCUT2D eigenvalue weighted by Crippen LogP contribution is -2.45. The molecular formula is C14H20N2O4. The zero-order valence-electron chi connectivity index (χ0n) is 12.2. The van der Waals surface area contributed by atoms with E-state index in [9.17, 15) is 9.59 Å². The third-order valence-corrected chi connectivity index (χ3v) is 2.70. The summed E-state index contributed by atoms with van der Waals surface area (Å²) in [5.74, 6) is -0.448. The van der Waals surface area contributed by atoms with Crippen LogP contribution in [0.25, 0.3) is 0 Å². The minimum absolute atomic E-state index is 0.0675. The van der Waals surface area contributed by atoms with E-state index >= 15 is 0 Å². The zero-order chi connectivity index (χ0) is 15.1. The molecule has 1 aromatic rings. The highest BCUT2D eigenvalue weighted by Crippen LogP contribution is 2.09. The molecule has 1 aromatic heterocycles. The highest BCUT2D eigenvalue weighted by atomic mass is 16.5. The van der Waals surface area contributed by atoms with Crippen LogP contribution in [-0.4, -0.2) is 36.6 Å². The summed E-state index contributed by atoms with van der Waals surface area (Å²) in [6, 6.07) is 2.53. The number of hydrogen-bond donors (Lipinski definition) is 1. The lowest BCUT2D eigenvalue weighted by atomic mass is 10.0. The van der Waals surface area contributed by atoms with Gasteiger partial charge in [-0.2, -0.15) is 0 Å². The minimum Gasteiger partial charge on any atom is -0.478 e. The van der Waals surface area contributed by atoms with E-state index in [1.54, 1.807) is 12.1 Å². The average molecular weight is 280 g/mol. The third-order valence-electron chi connectivity index (χ3n) is 2.70. The Bertz CT molecular complexity index is 457. The van der Waals surface area contributed by atoms with Crippen LogP contribution >= 0.6 is 0 Å². The van der Waals surface area contributed by atoms with Crippen molar-refractivity contribution in [3.63, 3.8) is 0 Å². The Balaban J connectivity index is 2.76. The maximum absolute atomic E-state index is 12.0. The fourth-order valence-corrected chi connectivity index (χ4v) is 1.60. The quantitative estimate of drug-likeness (QED) is 0.797. The van der Waals surface area contributed by atoms with Gasteiger partial charge in [0, 0.05) is 12.3 Å². The second-order valence-corrected chi connectivity index (χ2v) is 4.54. The number of rotatable bonds is 6. The van der Waals surface area contributed by atoms with E-state index in [-0.39, 0.29) is 11.8 Å². The number of methoxy groups -OCH3 is 1. The van der Waals surface area contributed by atoms with Gasteiger partial charge in [-0.05, 0) is 18.9 Å². The monoisotopic (exact) mass is 280 g/mol. The maximum Gasteiger partial charge on any atom is 0.328 e. The van der Waals surface area contributed by atoms with E-state index in [0.29, 0.717) is 18.1 Å². The number of carbonyl (C=O) groups is 2. The van der Waals surface area contributed by atoms with Crippen molar-refractivity contribution in [1.29, 1.82) is 0 Å². The van der Waals surface area contributed by atoms with Gasteiger partial charge in [-0.25, -0.2) is 9.78 Å². The number of amides is 1. The summed E-state index contributed by atoms with van der Waals surface area (Å²) in [5, 5.41) is 2.64. The number of pyridine rings is 1. The Kier molecular flexibility index (Phi) is 5.96.